The predicted octanol–water partition coefficient (Wildman–Crippen LogP) is 5.83. The van der Waals surface area contributed by atoms with Crippen molar-refractivity contribution in [3.05, 3.63) is 131 Å². The minimum Gasteiger partial charge on any atom is -0.345 e. The monoisotopic (exact) mass is 412 g/mol. The summed E-state index contributed by atoms with van der Waals surface area (Å²) in [5.41, 5.74) is 5.02. The zero-order chi connectivity index (χ0) is 21.6. The molecular weight excluding hydrogens is 387 g/mol. The number of aryl methyl sites for hydroxylation is 1. The van der Waals surface area contributed by atoms with Gasteiger partial charge in [-0.1, -0.05) is 60.2 Å². The molecule has 4 heteroatoms. The molecular formula is C27H25FN2O. The van der Waals surface area contributed by atoms with Crippen molar-refractivity contribution in [1.29, 1.82) is 0 Å². The SMILES string of the molecule is Cc1ccc(Cn2cccc2CN(Cc2ccccc2)C(=O)c2ccc(F)cc2)cc1. The molecule has 4 rings (SSSR count). The molecule has 0 aliphatic rings. The molecule has 31 heavy (non-hydrogen) atoms. The Kier molecular flexibility index (Phi) is 6.27. The van der Waals surface area contributed by atoms with Gasteiger partial charge in [-0.15, -0.1) is 0 Å². The lowest BCUT2D eigenvalue weighted by atomic mass is 10.1. The third kappa shape index (κ3) is 5.28. The zero-order valence-electron chi connectivity index (χ0n) is 17.5. The van der Waals surface area contributed by atoms with Crippen molar-refractivity contribution in [2.75, 3.05) is 0 Å². The fourth-order valence-electron chi connectivity index (χ4n) is 3.61. The highest BCUT2D eigenvalue weighted by Gasteiger charge is 2.18. The van der Waals surface area contributed by atoms with Gasteiger partial charge in [-0.25, -0.2) is 4.39 Å². The van der Waals surface area contributed by atoms with Gasteiger partial charge in [0.15, 0.2) is 0 Å². The summed E-state index contributed by atoms with van der Waals surface area (Å²) in [6.45, 7) is 3.76. The lowest BCUT2D eigenvalue weighted by Gasteiger charge is -2.24. The van der Waals surface area contributed by atoms with E-state index in [2.05, 4.69) is 35.8 Å². The second kappa shape index (κ2) is 9.43. The number of halogens is 1. The van der Waals surface area contributed by atoms with Gasteiger partial charge in [0.2, 0.25) is 0 Å². The number of nitrogens with zero attached hydrogens (tertiary/aromatic N) is 2. The third-order valence-electron chi connectivity index (χ3n) is 5.34. The van der Waals surface area contributed by atoms with Crippen molar-refractivity contribution in [3.63, 3.8) is 0 Å². The summed E-state index contributed by atoms with van der Waals surface area (Å²) in [7, 11) is 0. The molecule has 0 saturated carbocycles. The van der Waals surface area contributed by atoms with Gasteiger partial charge in [0.25, 0.3) is 5.91 Å². The van der Waals surface area contributed by atoms with Crippen LogP contribution in [0.3, 0.4) is 0 Å². The van der Waals surface area contributed by atoms with Crippen LogP contribution in [-0.2, 0) is 19.6 Å². The molecule has 3 aromatic carbocycles. The number of amides is 1. The van der Waals surface area contributed by atoms with E-state index in [0.717, 1.165) is 17.8 Å². The molecule has 1 amide bonds. The second-order valence-corrected chi connectivity index (χ2v) is 7.77. The highest BCUT2D eigenvalue weighted by Crippen LogP contribution is 2.17. The minimum absolute atomic E-state index is 0.119. The standard InChI is InChI=1S/C27H25FN2O/c1-21-9-11-23(12-10-21)18-29-17-5-8-26(29)20-30(19-22-6-3-2-4-7-22)27(31)24-13-15-25(28)16-14-24/h2-17H,18-20H2,1H3. The van der Waals surface area contributed by atoms with E-state index in [4.69, 9.17) is 0 Å². The van der Waals surface area contributed by atoms with Crippen LogP contribution in [0.4, 0.5) is 4.39 Å². The van der Waals surface area contributed by atoms with Crippen molar-refractivity contribution in [3.8, 4) is 0 Å². The highest BCUT2D eigenvalue weighted by molar-refractivity contribution is 5.94. The summed E-state index contributed by atoms with van der Waals surface area (Å²) in [4.78, 5) is 15.1. The van der Waals surface area contributed by atoms with E-state index in [-0.39, 0.29) is 11.7 Å². The van der Waals surface area contributed by atoms with Crippen LogP contribution in [0.2, 0.25) is 0 Å². The molecule has 1 heterocycles. The van der Waals surface area contributed by atoms with Gasteiger partial charge in [-0.3, -0.25) is 4.79 Å². The summed E-state index contributed by atoms with van der Waals surface area (Å²) in [6.07, 6.45) is 2.04. The Balaban J connectivity index is 1.59. The summed E-state index contributed by atoms with van der Waals surface area (Å²) in [5.74, 6) is -0.468. The molecule has 0 bridgehead atoms. The Bertz CT molecular complexity index is 1130. The van der Waals surface area contributed by atoms with E-state index in [9.17, 15) is 9.18 Å². The van der Waals surface area contributed by atoms with Gasteiger partial charge >= 0.3 is 0 Å². The first kappa shape index (κ1) is 20.6. The molecule has 4 aromatic rings. The van der Waals surface area contributed by atoms with Crippen LogP contribution in [0.25, 0.3) is 0 Å². The molecule has 0 unspecified atom stereocenters. The van der Waals surface area contributed by atoms with Crippen LogP contribution in [0.5, 0.6) is 0 Å². The first-order valence-electron chi connectivity index (χ1n) is 10.4. The van der Waals surface area contributed by atoms with Crippen molar-refractivity contribution in [2.45, 2.75) is 26.6 Å². The molecule has 3 nitrogen and oxygen atoms in total. The Hall–Kier alpha value is -3.66. The van der Waals surface area contributed by atoms with E-state index in [1.165, 1.54) is 23.3 Å². The molecule has 156 valence electrons. The van der Waals surface area contributed by atoms with Gasteiger partial charge < -0.3 is 9.47 Å². The number of rotatable bonds is 7. The fraction of sp³-hybridized carbons (Fsp3) is 0.148. The quantitative estimate of drug-likeness (QED) is 0.375. The number of hydrogen-bond donors (Lipinski definition) is 0. The van der Waals surface area contributed by atoms with Crippen molar-refractivity contribution in [2.24, 2.45) is 0 Å². The van der Waals surface area contributed by atoms with Crippen LogP contribution in [0, 0.1) is 12.7 Å². The van der Waals surface area contributed by atoms with Crippen LogP contribution in [0.15, 0.2) is 97.2 Å². The lowest BCUT2D eigenvalue weighted by molar-refractivity contribution is 0.0726. The number of benzene rings is 3. The Morgan fingerprint density at radius 1 is 0.806 bits per heavy atom. The summed E-state index contributed by atoms with van der Waals surface area (Å²) in [6, 6.07) is 28.2. The topological polar surface area (TPSA) is 25.2 Å². The number of carbonyl (C=O) groups is 1. The molecule has 0 spiro atoms. The highest BCUT2D eigenvalue weighted by atomic mass is 19.1. The maximum absolute atomic E-state index is 13.4. The van der Waals surface area contributed by atoms with Gasteiger partial charge in [0.05, 0.1) is 6.54 Å². The third-order valence-corrected chi connectivity index (χ3v) is 5.34. The van der Waals surface area contributed by atoms with E-state index in [1.807, 2.05) is 53.6 Å². The molecule has 0 fully saturated rings. The molecule has 0 aliphatic carbocycles. The van der Waals surface area contributed by atoms with E-state index < -0.39 is 0 Å². The second-order valence-electron chi connectivity index (χ2n) is 7.77. The van der Waals surface area contributed by atoms with E-state index >= 15 is 0 Å². The van der Waals surface area contributed by atoms with Gasteiger partial charge in [-0.05, 0) is 54.4 Å². The Labute approximate surface area is 182 Å². The normalized spacial score (nSPS) is 10.8. The molecule has 0 radical (unpaired) electrons. The van der Waals surface area contributed by atoms with Gasteiger partial charge in [-0.2, -0.15) is 0 Å². The molecule has 1 aromatic heterocycles. The predicted molar refractivity (Wildman–Crippen MR) is 121 cm³/mol. The average molecular weight is 413 g/mol. The van der Waals surface area contributed by atoms with Gasteiger partial charge in [0.1, 0.15) is 5.82 Å². The molecule has 0 aliphatic heterocycles. The van der Waals surface area contributed by atoms with Crippen LogP contribution in [0.1, 0.15) is 32.7 Å². The van der Waals surface area contributed by atoms with Crippen LogP contribution in [-0.4, -0.2) is 15.4 Å². The summed E-state index contributed by atoms with van der Waals surface area (Å²) >= 11 is 0. The first-order chi connectivity index (χ1) is 15.1. The molecule has 0 N–H and O–H groups in total. The fourth-order valence-corrected chi connectivity index (χ4v) is 3.61. The van der Waals surface area contributed by atoms with Crippen molar-refractivity contribution in [1.82, 2.24) is 9.47 Å². The smallest absolute Gasteiger partial charge is 0.254 e. The Morgan fingerprint density at radius 3 is 2.23 bits per heavy atom. The summed E-state index contributed by atoms with van der Waals surface area (Å²) < 4.78 is 15.5. The van der Waals surface area contributed by atoms with E-state index in [1.54, 1.807) is 12.1 Å². The van der Waals surface area contributed by atoms with Gasteiger partial charge in [0, 0.05) is 30.5 Å². The van der Waals surface area contributed by atoms with Crippen LogP contribution < -0.4 is 0 Å². The number of hydrogen-bond acceptors (Lipinski definition) is 1. The zero-order valence-corrected chi connectivity index (χ0v) is 17.5. The molecule has 0 saturated heterocycles. The van der Waals surface area contributed by atoms with Crippen molar-refractivity contribution < 1.29 is 9.18 Å². The Morgan fingerprint density at radius 2 is 1.52 bits per heavy atom. The first-order valence-corrected chi connectivity index (χ1v) is 10.4. The summed E-state index contributed by atoms with van der Waals surface area (Å²) in [5, 5.41) is 0. The molecule has 0 atom stereocenters. The maximum atomic E-state index is 13.4. The number of aromatic nitrogens is 1. The minimum atomic E-state index is -0.349. The average Bonchev–Trinajstić information content (AvgIpc) is 3.22. The number of carbonyl (C=O) groups excluding carboxylic acids is 1. The van der Waals surface area contributed by atoms with Crippen LogP contribution >= 0.6 is 0 Å². The largest absolute Gasteiger partial charge is 0.345 e. The maximum Gasteiger partial charge on any atom is 0.254 e. The van der Waals surface area contributed by atoms with E-state index in [0.29, 0.717) is 18.7 Å². The lowest BCUT2D eigenvalue weighted by Crippen LogP contribution is -2.31. The van der Waals surface area contributed by atoms with Crippen molar-refractivity contribution >= 4 is 5.91 Å².